The highest BCUT2D eigenvalue weighted by molar-refractivity contribution is 5.31. The summed E-state index contributed by atoms with van der Waals surface area (Å²) in [4.78, 5) is 3.14. The number of aromatic nitrogens is 1. The molecule has 1 atom stereocenters. The summed E-state index contributed by atoms with van der Waals surface area (Å²) < 4.78 is 0. The standard InChI is InChI=1S/C8H14N2/c1-5-4-10-7(3)8(5)6(2)9/h4,6,10H,9H2,1-3H3. The number of nitrogens with two attached hydrogens (primary N) is 1. The lowest BCUT2D eigenvalue weighted by Crippen LogP contribution is -2.06. The first-order valence-electron chi connectivity index (χ1n) is 3.53. The van der Waals surface area contributed by atoms with E-state index in [1.54, 1.807) is 0 Å². The van der Waals surface area contributed by atoms with Crippen molar-refractivity contribution in [2.75, 3.05) is 0 Å². The van der Waals surface area contributed by atoms with Crippen LogP contribution in [0.1, 0.15) is 29.8 Å². The molecule has 0 aliphatic heterocycles. The molecule has 0 aliphatic carbocycles. The molecule has 56 valence electrons. The van der Waals surface area contributed by atoms with Crippen molar-refractivity contribution < 1.29 is 0 Å². The summed E-state index contributed by atoms with van der Waals surface area (Å²) in [6.45, 7) is 6.12. The molecule has 2 heteroatoms. The Morgan fingerprint density at radius 1 is 1.50 bits per heavy atom. The van der Waals surface area contributed by atoms with Crippen LogP contribution in [0.25, 0.3) is 0 Å². The van der Waals surface area contributed by atoms with E-state index in [1.807, 2.05) is 20.0 Å². The van der Waals surface area contributed by atoms with Gasteiger partial charge in [-0.25, -0.2) is 0 Å². The molecule has 1 rings (SSSR count). The molecule has 1 aromatic heterocycles. The molecule has 0 amide bonds. The largest absolute Gasteiger partial charge is 0.365 e. The van der Waals surface area contributed by atoms with Gasteiger partial charge in [0.2, 0.25) is 0 Å². The van der Waals surface area contributed by atoms with Crippen molar-refractivity contribution in [3.8, 4) is 0 Å². The van der Waals surface area contributed by atoms with E-state index in [2.05, 4.69) is 11.9 Å². The molecule has 0 saturated heterocycles. The Kier molecular flexibility index (Phi) is 1.81. The molecule has 0 saturated carbocycles. The van der Waals surface area contributed by atoms with Crippen LogP contribution in [-0.4, -0.2) is 4.98 Å². The van der Waals surface area contributed by atoms with Gasteiger partial charge < -0.3 is 10.7 Å². The van der Waals surface area contributed by atoms with Gasteiger partial charge in [-0.05, 0) is 31.9 Å². The van der Waals surface area contributed by atoms with Gasteiger partial charge in [0.25, 0.3) is 0 Å². The van der Waals surface area contributed by atoms with E-state index in [4.69, 9.17) is 5.73 Å². The van der Waals surface area contributed by atoms with Crippen LogP contribution in [-0.2, 0) is 0 Å². The summed E-state index contributed by atoms with van der Waals surface area (Å²) in [7, 11) is 0. The predicted molar refractivity (Wildman–Crippen MR) is 42.9 cm³/mol. The van der Waals surface area contributed by atoms with E-state index in [0.29, 0.717) is 0 Å². The first-order chi connectivity index (χ1) is 4.63. The number of hydrogen-bond donors (Lipinski definition) is 2. The third-order valence-electron chi connectivity index (χ3n) is 1.79. The van der Waals surface area contributed by atoms with Gasteiger partial charge in [0.1, 0.15) is 0 Å². The summed E-state index contributed by atoms with van der Waals surface area (Å²) >= 11 is 0. The van der Waals surface area contributed by atoms with E-state index < -0.39 is 0 Å². The maximum atomic E-state index is 5.74. The van der Waals surface area contributed by atoms with E-state index in [1.165, 1.54) is 16.8 Å². The Morgan fingerprint density at radius 3 is 2.30 bits per heavy atom. The second-order valence-electron chi connectivity index (χ2n) is 2.80. The fraction of sp³-hybridized carbons (Fsp3) is 0.500. The highest BCUT2D eigenvalue weighted by Crippen LogP contribution is 2.18. The topological polar surface area (TPSA) is 41.8 Å². The zero-order chi connectivity index (χ0) is 7.72. The summed E-state index contributed by atoms with van der Waals surface area (Å²) in [5.41, 5.74) is 9.43. The highest BCUT2D eigenvalue weighted by atomic mass is 14.7. The number of rotatable bonds is 1. The fourth-order valence-electron chi connectivity index (χ4n) is 1.37. The number of aromatic amines is 1. The van der Waals surface area contributed by atoms with Crippen molar-refractivity contribution in [2.24, 2.45) is 5.73 Å². The fourth-order valence-corrected chi connectivity index (χ4v) is 1.37. The summed E-state index contributed by atoms with van der Waals surface area (Å²) in [6, 6.07) is 0.145. The smallest absolute Gasteiger partial charge is 0.0286 e. The van der Waals surface area contributed by atoms with Crippen LogP contribution in [0.15, 0.2) is 6.20 Å². The normalized spacial score (nSPS) is 13.6. The lowest BCUT2D eigenvalue weighted by Gasteiger charge is -2.04. The quantitative estimate of drug-likeness (QED) is 0.608. The molecule has 3 N–H and O–H groups in total. The third kappa shape index (κ3) is 1.07. The van der Waals surface area contributed by atoms with Gasteiger partial charge in [-0.2, -0.15) is 0 Å². The van der Waals surface area contributed by atoms with Gasteiger partial charge in [0, 0.05) is 17.9 Å². The minimum atomic E-state index is 0.145. The second kappa shape index (κ2) is 2.46. The minimum absolute atomic E-state index is 0.145. The Hall–Kier alpha value is -0.760. The van der Waals surface area contributed by atoms with Crippen molar-refractivity contribution in [3.05, 3.63) is 23.0 Å². The first kappa shape index (κ1) is 7.35. The van der Waals surface area contributed by atoms with E-state index >= 15 is 0 Å². The van der Waals surface area contributed by atoms with Crippen LogP contribution in [0.3, 0.4) is 0 Å². The molecular weight excluding hydrogens is 124 g/mol. The summed E-state index contributed by atoms with van der Waals surface area (Å²) in [6.07, 6.45) is 1.99. The number of nitrogens with one attached hydrogen (secondary N) is 1. The van der Waals surface area contributed by atoms with Gasteiger partial charge in [-0.15, -0.1) is 0 Å². The molecule has 0 aromatic carbocycles. The maximum Gasteiger partial charge on any atom is 0.0286 e. The lowest BCUT2D eigenvalue weighted by molar-refractivity contribution is 0.804. The molecule has 0 aliphatic rings. The van der Waals surface area contributed by atoms with E-state index in [-0.39, 0.29) is 6.04 Å². The average Bonchev–Trinajstić information content (AvgIpc) is 2.11. The Bertz CT molecular complexity index is 204. The number of aryl methyl sites for hydroxylation is 2. The van der Waals surface area contributed by atoms with Crippen molar-refractivity contribution in [2.45, 2.75) is 26.8 Å². The molecule has 0 radical (unpaired) electrons. The van der Waals surface area contributed by atoms with Gasteiger partial charge in [0.05, 0.1) is 0 Å². The first-order valence-corrected chi connectivity index (χ1v) is 3.53. The molecule has 1 unspecified atom stereocenters. The average molecular weight is 138 g/mol. The molecule has 0 bridgehead atoms. The van der Waals surface area contributed by atoms with Gasteiger partial charge in [-0.1, -0.05) is 0 Å². The monoisotopic (exact) mass is 138 g/mol. The van der Waals surface area contributed by atoms with Crippen LogP contribution in [0.2, 0.25) is 0 Å². The predicted octanol–water partition coefficient (Wildman–Crippen LogP) is 1.65. The second-order valence-corrected chi connectivity index (χ2v) is 2.80. The molecule has 1 aromatic rings. The third-order valence-corrected chi connectivity index (χ3v) is 1.79. The number of H-pyrrole nitrogens is 1. The zero-order valence-electron chi connectivity index (χ0n) is 6.73. The highest BCUT2D eigenvalue weighted by Gasteiger charge is 2.07. The maximum absolute atomic E-state index is 5.74. The molecule has 0 spiro atoms. The van der Waals surface area contributed by atoms with Crippen molar-refractivity contribution in [1.29, 1.82) is 0 Å². The van der Waals surface area contributed by atoms with Crippen LogP contribution in [0.4, 0.5) is 0 Å². The van der Waals surface area contributed by atoms with Crippen LogP contribution >= 0.6 is 0 Å². The minimum Gasteiger partial charge on any atom is -0.365 e. The molecular formula is C8H14N2. The Balaban J connectivity index is 3.10. The van der Waals surface area contributed by atoms with Crippen LogP contribution in [0.5, 0.6) is 0 Å². The van der Waals surface area contributed by atoms with Crippen molar-refractivity contribution in [3.63, 3.8) is 0 Å². The molecule has 10 heavy (non-hydrogen) atoms. The molecule has 0 fully saturated rings. The van der Waals surface area contributed by atoms with E-state index in [9.17, 15) is 0 Å². The SMILES string of the molecule is Cc1c[nH]c(C)c1C(C)N. The summed E-state index contributed by atoms with van der Waals surface area (Å²) in [5.74, 6) is 0. The van der Waals surface area contributed by atoms with Crippen LogP contribution in [0, 0.1) is 13.8 Å². The lowest BCUT2D eigenvalue weighted by atomic mass is 10.1. The summed E-state index contributed by atoms with van der Waals surface area (Å²) in [5, 5.41) is 0. The Morgan fingerprint density at radius 2 is 2.10 bits per heavy atom. The molecule has 1 heterocycles. The van der Waals surface area contributed by atoms with Crippen LogP contribution < -0.4 is 5.73 Å². The van der Waals surface area contributed by atoms with Crippen molar-refractivity contribution >= 4 is 0 Å². The molecule has 2 nitrogen and oxygen atoms in total. The van der Waals surface area contributed by atoms with Gasteiger partial charge in [-0.3, -0.25) is 0 Å². The van der Waals surface area contributed by atoms with Gasteiger partial charge in [0.15, 0.2) is 0 Å². The van der Waals surface area contributed by atoms with Crippen molar-refractivity contribution in [1.82, 2.24) is 4.98 Å². The number of hydrogen-bond acceptors (Lipinski definition) is 1. The zero-order valence-corrected chi connectivity index (χ0v) is 6.73. The van der Waals surface area contributed by atoms with Gasteiger partial charge >= 0.3 is 0 Å². The van der Waals surface area contributed by atoms with E-state index in [0.717, 1.165) is 0 Å². The Labute approximate surface area is 61.4 Å².